The van der Waals surface area contributed by atoms with Crippen LogP contribution in [0.3, 0.4) is 0 Å². The van der Waals surface area contributed by atoms with Gasteiger partial charge in [-0.1, -0.05) is 20.3 Å². The molecule has 0 radical (unpaired) electrons. The molecular formula is C13H25N3O4. The third-order valence-electron chi connectivity index (χ3n) is 2.69. The molecule has 0 saturated carbocycles. The summed E-state index contributed by atoms with van der Waals surface area (Å²) in [5.74, 6) is -1.61. The highest BCUT2D eigenvalue weighted by Gasteiger charge is 2.25. The number of carboxylic acid groups (broad SMARTS) is 1. The number of nitrogens with one attached hydrogen (secondary N) is 3. The lowest BCUT2D eigenvalue weighted by molar-refractivity contribution is -0.140. The number of carbonyl (C=O) groups is 3. The highest BCUT2D eigenvalue weighted by molar-refractivity contribution is 5.86. The summed E-state index contributed by atoms with van der Waals surface area (Å²) >= 11 is 0. The molecule has 0 fully saturated rings. The molecule has 0 aromatic heterocycles. The quantitative estimate of drug-likeness (QED) is 0.576. The monoisotopic (exact) mass is 287 g/mol. The zero-order valence-electron chi connectivity index (χ0n) is 12.7. The SMILES string of the molecule is CCC(C)C(NC(=O)NCC(=O)NC(C)(C)C)C(=O)O. The van der Waals surface area contributed by atoms with Crippen LogP contribution in [0, 0.1) is 5.92 Å². The van der Waals surface area contributed by atoms with Gasteiger partial charge in [-0.25, -0.2) is 9.59 Å². The fourth-order valence-electron chi connectivity index (χ4n) is 1.50. The maximum atomic E-state index is 11.6. The highest BCUT2D eigenvalue weighted by atomic mass is 16.4. The lowest BCUT2D eigenvalue weighted by Gasteiger charge is -2.22. The Labute approximate surface area is 119 Å². The van der Waals surface area contributed by atoms with E-state index in [1.807, 2.05) is 27.7 Å². The minimum Gasteiger partial charge on any atom is -0.480 e. The fourth-order valence-corrected chi connectivity index (χ4v) is 1.50. The molecule has 0 aliphatic heterocycles. The molecule has 7 nitrogen and oxygen atoms in total. The second-order valence-corrected chi connectivity index (χ2v) is 5.83. The van der Waals surface area contributed by atoms with Gasteiger partial charge in [0.15, 0.2) is 0 Å². The Balaban J connectivity index is 4.28. The van der Waals surface area contributed by atoms with Gasteiger partial charge < -0.3 is 21.1 Å². The van der Waals surface area contributed by atoms with Crippen LogP contribution >= 0.6 is 0 Å². The van der Waals surface area contributed by atoms with E-state index in [-0.39, 0.29) is 23.9 Å². The van der Waals surface area contributed by atoms with Gasteiger partial charge in [0.2, 0.25) is 5.91 Å². The van der Waals surface area contributed by atoms with E-state index in [0.29, 0.717) is 6.42 Å². The maximum Gasteiger partial charge on any atom is 0.326 e. The average molecular weight is 287 g/mol. The van der Waals surface area contributed by atoms with E-state index < -0.39 is 18.0 Å². The zero-order valence-corrected chi connectivity index (χ0v) is 12.7. The molecule has 116 valence electrons. The first-order valence-corrected chi connectivity index (χ1v) is 6.65. The van der Waals surface area contributed by atoms with E-state index in [1.165, 1.54) is 0 Å². The summed E-state index contributed by atoms with van der Waals surface area (Å²) in [5.41, 5.74) is -0.379. The number of carbonyl (C=O) groups excluding carboxylic acids is 2. The lowest BCUT2D eigenvalue weighted by atomic mass is 9.99. The molecule has 7 heteroatoms. The molecule has 0 bridgehead atoms. The Morgan fingerprint density at radius 2 is 1.75 bits per heavy atom. The molecule has 3 amide bonds. The van der Waals surface area contributed by atoms with Crippen LogP contribution in [-0.4, -0.2) is 41.1 Å². The van der Waals surface area contributed by atoms with E-state index in [0.717, 1.165) is 0 Å². The summed E-state index contributed by atoms with van der Waals surface area (Å²) in [6, 6.07) is -1.63. The molecule has 4 N–H and O–H groups in total. The number of hydrogen-bond donors (Lipinski definition) is 4. The molecule has 2 unspecified atom stereocenters. The van der Waals surface area contributed by atoms with E-state index in [9.17, 15) is 14.4 Å². The second-order valence-electron chi connectivity index (χ2n) is 5.83. The van der Waals surface area contributed by atoms with Crippen LogP contribution in [0.15, 0.2) is 0 Å². The van der Waals surface area contributed by atoms with Gasteiger partial charge in [0.05, 0.1) is 6.54 Å². The molecule has 0 spiro atoms. The van der Waals surface area contributed by atoms with Crippen LogP contribution < -0.4 is 16.0 Å². The van der Waals surface area contributed by atoms with Gasteiger partial charge >= 0.3 is 12.0 Å². The predicted octanol–water partition coefficient (Wildman–Crippen LogP) is 0.700. The zero-order chi connectivity index (χ0) is 15.9. The molecule has 0 aromatic carbocycles. The number of hydrogen-bond acceptors (Lipinski definition) is 3. The predicted molar refractivity (Wildman–Crippen MR) is 75.3 cm³/mol. The summed E-state index contributed by atoms with van der Waals surface area (Å²) in [6.45, 7) is 8.87. The Hall–Kier alpha value is -1.79. The molecule has 0 aromatic rings. The number of amides is 3. The maximum absolute atomic E-state index is 11.6. The number of carboxylic acids is 1. The largest absolute Gasteiger partial charge is 0.480 e. The van der Waals surface area contributed by atoms with Crippen molar-refractivity contribution in [2.24, 2.45) is 5.92 Å². The van der Waals surface area contributed by atoms with Gasteiger partial charge in [0, 0.05) is 5.54 Å². The van der Waals surface area contributed by atoms with Crippen LogP contribution in [0.2, 0.25) is 0 Å². The van der Waals surface area contributed by atoms with Crippen LogP contribution in [0.5, 0.6) is 0 Å². The summed E-state index contributed by atoms with van der Waals surface area (Å²) in [6.07, 6.45) is 0.627. The number of urea groups is 1. The Morgan fingerprint density at radius 1 is 1.20 bits per heavy atom. The van der Waals surface area contributed by atoms with Crippen LogP contribution in [-0.2, 0) is 9.59 Å². The van der Waals surface area contributed by atoms with Crippen LogP contribution in [0.25, 0.3) is 0 Å². The molecule has 0 heterocycles. The van der Waals surface area contributed by atoms with Crippen molar-refractivity contribution in [2.45, 2.75) is 52.6 Å². The second kappa shape index (κ2) is 7.72. The van der Waals surface area contributed by atoms with Crippen molar-refractivity contribution in [3.05, 3.63) is 0 Å². The molecule has 0 aliphatic carbocycles. The Kier molecular flexibility index (Phi) is 7.02. The van der Waals surface area contributed by atoms with E-state index in [4.69, 9.17) is 5.11 Å². The minimum absolute atomic E-state index is 0.193. The lowest BCUT2D eigenvalue weighted by Crippen LogP contribution is -2.52. The van der Waals surface area contributed by atoms with Gasteiger partial charge in [-0.15, -0.1) is 0 Å². The molecule has 0 rings (SSSR count). The first-order valence-electron chi connectivity index (χ1n) is 6.65. The normalized spacial score (nSPS) is 14.1. The molecule has 0 saturated heterocycles. The van der Waals surface area contributed by atoms with Gasteiger partial charge in [0.25, 0.3) is 0 Å². The van der Waals surface area contributed by atoms with Crippen molar-refractivity contribution in [3.63, 3.8) is 0 Å². The first kappa shape index (κ1) is 18.2. The van der Waals surface area contributed by atoms with E-state index in [1.54, 1.807) is 6.92 Å². The highest BCUT2D eigenvalue weighted by Crippen LogP contribution is 2.07. The third-order valence-corrected chi connectivity index (χ3v) is 2.69. The topological polar surface area (TPSA) is 108 Å². The van der Waals surface area contributed by atoms with Crippen molar-refractivity contribution in [1.29, 1.82) is 0 Å². The number of aliphatic carboxylic acids is 1. The van der Waals surface area contributed by atoms with Crippen molar-refractivity contribution >= 4 is 17.9 Å². The van der Waals surface area contributed by atoms with Gasteiger partial charge in [-0.3, -0.25) is 4.79 Å². The summed E-state index contributed by atoms with van der Waals surface area (Å²) in [4.78, 5) is 34.1. The minimum atomic E-state index is -1.09. The fraction of sp³-hybridized carbons (Fsp3) is 0.769. The van der Waals surface area contributed by atoms with Gasteiger partial charge in [-0.05, 0) is 26.7 Å². The standard InChI is InChI=1S/C13H25N3O4/c1-6-8(2)10(11(18)19)15-12(20)14-7-9(17)16-13(3,4)5/h8,10H,6-7H2,1-5H3,(H,16,17)(H,18,19)(H2,14,15,20). The van der Waals surface area contributed by atoms with Crippen molar-refractivity contribution in [1.82, 2.24) is 16.0 Å². The van der Waals surface area contributed by atoms with Gasteiger partial charge in [0.1, 0.15) is 6.04 Å². The Bertz CT molecular complexity index is 363. The van der Waals surface area contributed by atoms with Crippen LogP contribution in [0.1, 0.15) is 41.0 Å². The van der Waals surface area contributed by atoms with Gasteiger partial charge in [-0.2, -0.15) is 0 Å². The van der Waals surface area contributed by atoms with Crippen molar-refractivity contribution in [3.8, 4) is 0 Å². The van der Waals surface area contributed by atoms with Crippen LogP contribution in [0.4, 0.5) is 4.79 Å². The summed E-state index contributed by atoms with van der Waals surface area (Å²) in [7, 11) is 0. The van der Waals surface area contributed by atoms with E-state index in [2.05, 4.69) is 16.0 Å². The van der Waals surface area contributed by atoms with E-state index >= 15 is 0 Å². The number of rotatable bonds is 6. The smallest absolute Gasteiger partial charge is 0.326 e. The average Bonchev–Trinajstić information content (AvgIpc) is 2.30. The summed E-state index contributed by atoms with van der Waals surface area (Å²) < 4.78 is 0. The summed E-state index contributed by atoms with van der Waals surface area (Å²) in [5, 5.41) is 16.4. The molecular weight excluding hydrogens is 262 g/mol. The molecule has 20 heavy (non-hydrogen) atoms. The first-order chi connectivity index (χ1) is 9.06. The third kappa shape index (κ3) is 7.60. The molecule has 0 aliphatic rings. The van der Waals surface area contributed by atoms with Crippen molar-refractivity contribution < 1.29 is 19.5 Å². The van der Waals surface area contributed by atoms with Crippen molar-refractivity contribution in [2.75, 3.05) is 6.54 Å². The molecule has 2 atom stereocenters. The Morgan fingerprint density at radius 3 is 2.15 bits per heavy atom.